The Morgan fingerprint density at radius 1 is 1.42 bits per heavy atom. The molecule has 1 saturated heterocycles. The Hall–Kier alpha value is -0.660. The third-order valence-corrected chi connectivity index (χ3v) is 3.91. The number of hydrogen-bond donors (Lipinski definition) is 2. The molecule has 1 heterocycles. The molecular weight excluding hydrogens is 266 g/mol. The highest BCUT2D eigenvalue weighted by atomic mass is 32.2. The molecule has 1 aliphatic rings. The summed E-state index contributed by atoms with van der Waals surface area (Å²) in [6, 6.07) is -0.117. The van der Waals surface area contributed by atoms with Crippen LogP contribution >= 0.6 is 0 Å². The molecule has 0 spiro atoms. The molecule has 0 saturated carbocycles. The summed E-state index contributed by atoms with van der Waals surface area (Å²) in [6.07, 6.45) is 2.91. The van der Waals surface area contributed by atoms with Crippen LogP contribution in [-0.4, -0.2) is 56.7 Å². The maximum atomic E-state index is 12.1. The van der Waals surface area contributed by atoms with E-state index < -0.39 is 15.6 Å². The molecule has 1 atom stereocenters. The molecule has 1 fully saturated rings. The third-order valence-electron chi connectivity index (χ3n) is 2.99. The topological polar surface area (TPSA) is 78.5 Å². The van der Waals surface area contributed by atoms with Crippen LogP contribution in [0.5, 0.6) is 0 Å². The van der Waals surface area contributed by atoms with Crippen molar-refractivity contribution in [3.63, 3.8) is 0 Å². The van der Waals surface area contributed by atoms with E-state index in [4.69, 9.17) is 0 Å². The zero-order valence-electron chi connectivity index (χ0n) is 12.2. The van der Waals surface area contributed by atoms with Crippen molar-refractivity contribution in [3.05, 3.63) is 0 Å². The smallest absolute Gasteiger partial charge is 0.239 e. The lowest BCUT2D eigenvalue weighted by atomic mass is 10.1. The van der Waals surface area contributed by atoms with Crippen LogP contribution in [0.3, 0.4) is 0 Å². The minimum atomic E-state index is -3.27. The number of rotatable bonds is 7. The van der Waals surface area contributed by atoms with Crippen LogP contribution in [-0.2, 0) is 14.8 Å². The van der Waals surface area contributed by atoms with Gasteiger partial charge in [-0.15, -0.1) is 0 Å². The molecule has 2 N–H and O–H groups in total. The van der Waals surface area contributed by atoms with Crippen molar-refractivity contribution >= 4 is 15.9 Å². The molecule has 1 amide bonds. The molecule has 1 rings (SSSR count). The first kappa shape index (κ1) is 16.4. The zero-order chi connectivity index (χ0) is 14.7. The van der Waals surface area contributed by atoms with E-state index >= 15 is 0 Å². The van der Waals surface area contributed by atoms with Crippen molar-refractivity contribution in [2.24, 2.45) is 0 Å². The minimum Gasteiger partial charge on any atom is -0.339 e. The largest absolute Gasteiger partial charge is 0.339 e. The standard InChI is InChI=1S/C12H25N3O3S/c1-5-7-13-10-6-8-15(11(10)16)9-12(2,3)14-19(4,17)18/h10,13-14H,5-9H2,1-4H3. The summed E-state index contributed by atoms with van der Waals surface area (Å²) >= 11 is 0. The quantitative estimate of drug-likeness (QED) is 0.687. The Bertz CT molecular complexity index is 420. The van der Waals surface area contributed by atoms with E-state index in [0.717, 1.165) is 25.6 Å². The lowest BCUT2D eigenvalue weighted by molar-refractivity contribution is -0.130. The van der Waals surface area contributed by atoms with Crippen molar-refractivity contribution in [1.29, 1.82) is 0 Å². The van der Waals surface area contributed by atoms with Gasteiger partial charge in [0.05, 0.1) is 12.3 Å². The molecule has 1 aliphatic heterocycles. The third kappa shape index (κ3) is 5.46. The zero-order valence-corrected chi connectivity index (χ0v) is 13.0. The summed E-state index contributed by atoms with van der Waals surface area (Å²) in [5.41, 5.74) is -0.650. The summed E-state index contributed by atoms with van der Waals surface area (Å²) in [6.45, 7) is 7.53. The van der Waals surface area contributed by atoms with Gasteiger partial charge in [0.15, 0.2) is 0 Å². The van der Waals surface area contributed by atoms with Crippen LogP contribution in [0.1, 0.15) is 33.6 Å². The Morgan fingerprint density at radius 2 is 2.05 bits per heavy atom. The van der Waals surface area contributed by atoms with E-state index in [2.05, 4.69) is 17.0 Å². The second kappa shape index (κ2) is 6.19. The van der Waals surface area contributed by atoms with Crippen LogP contribution in [0.25, 0.3) is 0 Å². The summed E-state index contributed by atoms with van der Waals surface area (Å²) < 4.78 is 25.1. The van der Waals surface area contributed by atoms with E-state index in [-0.39, 0.29) is 11.9 Å². The molecule has 19 heavy (non-hydrogen) atoms. The van der Waals surface area contributed by atoms with Crippen molar-refractivity contribution in [2.45, 2.75) is 45.2 Å². The van der Waals surface area contributed by atoms with Gasteiger partial charge in [-0.25, -0.2) is 13.1 Å². The average Bonchev–Trinajstić information content (AvgIpc) is 2.53. The van der Waals surface area contributed by atoms with Crippen molar-refractivity contribution < 1.29 is 13.2 Å². The number of sulfonamides is 1. The number of likely N-dealkylation sites (tertiary alicyclic amines) is 1. The lowest BCUT2D eigenvalue weighted by Gasteiger charge is -2.30. The summed E-state index contributed by atoms with van der Waals surface area (Å²) in [7, 11) is -3.27. The number of carbonyl (C=O) groups is 1. The highest BCUT2D eigenvalue weighted by Gasteiger charge is 2.35. The highest BCUT2D eigenvalue weighted by Crippen LogP contribution is 2.16. The maximum Gasteiger partial charge on any atom is 0.239 e. The molecule has 0 aromatic rings. The van der Waals surface area contributed by atoms with E-state index in [1.54, 1.807) is 18.7 Å². The fraction of sp³-hybridized carbons (Fsp3) is 0.917. The Labute approximate surface area is 116 Å². The van der Waals surface area contributed by atoms with Gasteiger partial charge in [-0.05, 0) is 33.2 Å². The predicted octanol–water partition coefficient (Wildman–Crippen LogP) is -0.0853. The predicted molar refractivity (Wildman–Crippen MR) is 75.3 cm³/mol. The van der Waals surface area contributed by atoms with Crippen molar-refractivity contribution in [3.8, 4) is 0 Å². The highest BCUT2D eigenvalue weighted by molar-refractivity contribution is 7.88. The van der Waals surface area contributed by atoms with Crippen LogP contribution in [0.15, 0.2) is 0 Å². The Kier molecular flexibility index (Phi) is 5.34. The lowest BCUT2D eigenvalue weighted by Crippen LogP contribution is -2.52. The summed E-state index contributed by atoms with van der Waals surface area (Å²) in [5.74, 6) is 0.0665. The number of amides is 1. The van der Waals surface area contributed by atoms with Gasteiger partial charge in [-0.3, -0.25) is 4.79 Å². The molecule has 0 aromatic carbocycles. The van der Waals surface area contributed by atoms with Gasteiger partial charge in [0.25, 0.3) is 0 Å². The Morgan fingerprint density at radius 3 is 2.58 bits per heavy atom. The van der Waals surface area contributed by atoms with Crippen LogP contribution in [0.2, 0.25) is 0 Å². The molecule has 6 nitrogen and oxygen atoms in total. The fourth-order valence-corrected chi connectivity index (χ4v) is 3.48. The first-order valence-corrected chi connectivity index (χ1v) is 8.55. The molecule has 1 unspecified atom stereocenters. The van der Waals surface area contributed by atoms with Crippen LogP contribution in [0, 0.1) is 0 Å². The van der Waals surface area contributed by atoms with Crippen LogP contribution < -0.4 is 10.0 Å². The minimum absolute atomic E-state index is 0.0665. The van der Waals surface area contributed by atoms with Crippen molar-refractivity contribution in [2.75, 3.05) is 25.9 Å². The second-order valence-electron chi connectivity index (χ2n) is 5.81. The van der Waals surface area contributed by atoms with Gasteiger partial charge >= 0.3 is 0 Å². The van der Waals surface area contributed by atoms with Gasteiger partial charge in [-0.2, -0.15) is 0 Å². The van der Waals surface area contributed by atoms with E-state index in [1.807, 2.05) is 0 Å². The molecule has 112 valence electrons. The van der Waals surface area contributed by atoms with E-state index in [9.17, 15) is 13.2 Å². The molecule has 0 radical (unpaired) electrons. The van der Waals surface area contributed by atoms with Gasteiger partial charge in [-0.1, -0.05) is 6.92 Å². The van der Waals surface area contributed by atoms with Gasteiger partial charge < -0.3 is 10.2 Å². The van der Waals surface area contributed by atoms with Gasteiger partial charge in [0.1, 0.15) is 0 Å². The van der Waals surface area contributed by atoms with Crippen LogP contribution in [0.4, 0.5) is 0 Å². The molecule has 0 bridgehead atoms. The normalized spacial score (nSPS) is 21.2. The number of hydrogen-bond acceptors (Lipinski definition) is 4. The number of nitrogens with one attached hydrogen (secondary N) is 2. The molecule has 0 aromatic heterocycles. The summed E-state index contributed by atoms with van der Waals surface area (Å²) in [4.78, 5) is 13.9. The fourth-order valence-electron chi connectivity index (χ4n) is 2.42. The molecule has 0 aliphatic carbocycles. The van der Waals surface area contributed by atoms with Gasteiger partial charge in [0, 0.05) is 18.6 Å². The average molecular weight is 291 g/mol. The van der Waals surface area contributed by atoms with E-state index in [0.29, 0.717) is 13.1 Å². The molecule has 7 heteroatoms. The van der Waals surface area contributed by atoms with Gasteiger partial charge in [0.2, 0.25) is 15.9 Å². The Balaban J connectivity index is 2.56. The van der Waals surface area contributed by atoms with Crippen molar-refractivity contribution in [1.82, 2.24) is 14.9 Å². The SMILES string of the molecule is CCCNC1CCN(CC(C)(C)NS(C)(=O)=O)C1=O. The van der Waals surface area contributed by atoms with E-state index in [1.165, 1.54) is 0 Å². The number of carbonyl (C=O) groups excluding carboxylic acids is 1. The maximum absolute atomic E-state index is 12.1. The summed E-state index contributed by atoms with van der Waals surface area (Å²) in [5, 5.41) is 3.22. The second-order valence-corrected chi connectivity index (χ2v) is 7.56. The molecular formula is C12H25N3O3S. The monoisotopic (exact) mass is 291 g/mol. The first-order chi connectivity index (χ1) is 8.64. The first-order valence-electron chi connectivity index (χ1n) is 6.66. The number of nitrogens with zero attached hydrogens (tertiary/aromatic N) is 1.